The lowest BCUT2D eigenvalue weighted by Crippen LogP contribution is -2.46. The zero-order valence-corrected chi connectivity index (χ0v) is 8.36. The molecule has 1 aliphatic rings. The maximum Gasteiger partial charge on any atom is 0.0923 e. The predicted octanol–water partition coefficient (Wildman–Crippen LogP) is 2.37. The molecular weight excluding hydrogens is 153 g/mol. The second-order valence-electron chi connectivity index (χ2n) is 4.92. The Morgan fingerprint density at radius 3 is 2.58 bits per heavy atom. The molecule has 72 valence electrons. The van der Waals surface area contributed by atoms with E-state index < -0.39 is 0 Å². The van der Waals surface area contributed by atoms with Crippen LogP contribution >= 0.6 is 0 Å². The molecular formula is C10H20FN. The van der Waals surface area contributed by atoms with E-state index in [9.17, 15) is 4.39 Å². The molecule has 0 aromatic rings. The monoisotopic (exact) mass is 173 g/mol. The van der Waals surface area contributed by atoms with Crippen LogP contribution in [0.4, 0.5) is 4.39 Å². The summed E-state index contributed by atoms with van der Waals surface area (Å²) < 4.78 is 12.4. The van der Waals surface area contributed by atoms with Gasteiger partial charge < -0.3 is 5.32 Å². The van der Waals surface area contributed by atoms with Gasteiger partial charge in [-0.2, -0.15) is 0 Å². The molecule has 1 N–H and O–H groups in total. The molecule has 0 spiro atoms. The van der Waals surface area contributed by atoms with Gasteiger partial charge in [0.25, 0.3) is 0 Å². The van der Waals surface area contributed by atoms with Crippen LogP contribution in [0.5, 0.6) is 0 Å². The molecule has 0 saturated carbocycles. The van der Waals surface area contributed by atoms with Crippen LogP contribution in [0.2, 0.25) is 0 Å². The van der Waals surface area contributed by atoms with E-state index in [2.05, 4.69) is 26.1 Å². The molecule has 0 radical (unpaired) electrons. The van der Waals surface area contributed by atoms with Gasteiger partial charge in [0.2, 0.25) is 0 Å². The molecule has 1 fully saturated rings. The summed E-state index contributed by atoms with van der Waals surface area (Å²) in [5.41, 5.74) is 0.272. The summed E-state index contributed by atoms with van der Waals surface area (Å²) in [6.07, 6.45) is 2.00. The van der Waals surface area contributed by atoms with Crippen molar-refractivity contribution < 1.29 is 4.39 Å². The second-order valence-corrected chi connectivity index (χ2v) is 4.92. The fourth-order valence-corrected chi connectivity index (χ4v) is 1.80. The molecule has 0 aromatic carbocycles. The fourth-order valence-electron chi connectivity index (χ4n) is 1.80. The number of nitrogens with one attached hydrogen (secondary N) is 1. The van der Waals surface area contributed by atoms with E-state index in [4.69, 9.17) is 0 Å². The van der Waals surface area contributed by atoms with Crippen LogP contribution in [-0.2, 0) is 0 Å². The highest BCUT2D eigenvalue weighted by molar-refractivity contribution is 4.86. The van der Waals surface area contributed by atoms with E-state index in [-0.39, 0.29) is 12.1 Å². The van der Waals surface area contributed by atoms with Gasteiger partial charge in [-0.25, -0.2) is 0 Å². The zero-order chi connectivity index (χ0) is 9.19. The minimum Gasteiger partial charge on any atom is -0.313 e. The minimum absolute atomic E-state index is 0.145. The van der Waals surface area contributed by atoms with Crippen molar-refractivity contribution in [1.82, 2.24) is 5.32 Å². The molecule has 1 heterocycles. The summed E-state index contributed by atoms with van der Waals surface area (Å²) in [6, 6.07) is 0.493. The zero-order valence-electron chi connectivity index (χ0n) is 8.36. The molecule has 0 bridgehead atoms. The average molecular weight is 173 g/mol. The van der Waals surface area contributed by atoms with Gasteiger partial charge in [0.1, 0.15) is 0 Å². The number of hydrogen-bond acceptors (Lipinski definition) is 1. The van der Waals surface area contributed by atoms with E-state index in [1.807, 2.05) is 0 Å². The molecule has 0 amide bonds. The Morgan fingerprint density at radius 2 is 2.08 bits per heavy atom. The van der Waals surface area contributed by atoms with Crippen molar-refractivity contribution in [3.8, 4) is 0 Å². The summed E-state index contributed by atoms with van der Waals surface area (Å²) in [7, 11) is 0. The summed E-state index contributed by atoms with van der Waals surface area (Å²) in [5, 5.41) is 3.46. The number of hydrogen-bond donors (Lipinski definition) is 1. The smallest absolute Gasteiger partial charge is 0.0923 e. The van der Waals surface area contributed by atoms with Gasteiger partial charge in [0.15, 0.2) is 0 Å². The highest BCUT2D eigenvalue weighted by atomic mass is 19.1. The average Bonchev–Trinajstić information content (AvgIpc) is 2.03. The standard InChI is InChI=1S/C10H20FN/c1-10(2,3)9-6-8(7-11)4-5-12-9/h8-9,12H,4-7H2,1-3H3. The quantitative estimate of drug-likeness (QED) is 0.642. The highest BCUT2D eigenvalue weighted by Gasteiger charge is 2.29. The van der Waals surface area contributed by atoms with Crippen LogP contribution in [0.15, 0.2) is 0 Å². The van der Waals surface area contributed by atoms with Gasteiger partial charge in [-0.15, -0.1) is 0 Å². The fraction of sp³-hybridized carbons (Fsp3) is 1.00. The maximum atomic E-state index is 12.4. The van der Waals surface area contributed by atoms with E-state index in [1.165, 1.54) is 0 Å². The van der Waals surface area contributed by atoms with Crippen molar-refractivity contribution in [3.63, 3.8) is 0 Å². The van der Waals surface area contributed by atoms with Gasteiger partial charge in [-0.1, -0.05) is 20.8 Å². The lowest BCUT2D eigenvalue weighted by Gasteiger charge is -2.37. The molecule has 12 heavy (non-hydrogen) atoms. The predicted molar refractivity (Wildman–Crippen MR) is 49.9 cm³/mol. The minimum atomic E-state index is -0.145. The molecule has 2 unspecified atom stereocenters. The van der Waals surface area contributed by atoms with E-state index in [1.54, 1.807) is 0 Å². The Kier molecular flexibility index (Phi) is 3.10. The van der Waals surface area contributed by atoms with Gasteiger partial charge in [0, 0.05) is 6.04 Å². The van der Waals surface area contributed by atoms with Gasteiger partial charge in [-0.3, -0.25) is 4.39 Å². The first-order valence-corrected chi connectivity index (χ1v) is 4.83. The molecule has 1 nitrogen and oxygen atoms in total. The van der Waals surface area contributed by atoms with Gasteiger partial charge in [-0.05, 0) is 30.7 Å². The number of rotatable bonds is 1. The molecule has 2 atom stereocenters. The number of halogens is 1. The van der Waals surface area contributed by atoms with Crippen LogP contribution in [-0.4, -0.2) is 19.3 Å². The van der Waals surface area contributed by atoms with Crippen LogP contribution in [0, 0.1) is 11.3 Å². The Morgan fingerprint density at radius 1 is 1.42 bits per heavy atom. The topological polar surface area (TPSA) is 12.0 Å². The molecule has 0 aliphatic carbocycles. The molecule has 1 saturated heterocycles. The van der Waals surface area contributed by atoms with E-state index >= 15 is 0 Å². The third-order valence-electron chi connectivity index (χ3n) is 2.78. The normalized spacial score (nSPS) is 32.0. The van der Waals surface area contributed by atoms with E-state index in [0.29, 0.717) is 12.0 Å². The molecule has 2 heteroatoms. The van der Waals surface area contributed by atoms with Crippen LogP contribution < -0.4 is 5.32 Å². The Bertz CT molecular complexity index is 139. The van der Waals surface area contributed by atoms with Crippen LogP contribution in [0.3, 0.4) is 0 Å². The molecule has 1 aliphatic heterocycles. The van der Waals surface area contributed by atoms with Crippen molar-refractivity contribution in [3.05, 3.63) is 0 Å². The summed E-state index contributed by atoms with van der Waals surface area (Å²) in [5.74, 6) is 0.301. The van der Waals surface area contributed by atoms with Crippen molar-refractivity contribution in [1.29, 1.82) is 0 Å². The lowest BCUT2D eigenvalue weighted by molar-refractivity contribution is 0.166. The second kappa shape index (κ2) is 3.73. The van der Waals surface area contributed by atoms with E-state index in [0.717, 1.165) is 19.4 Å². The Hall–Kier alpha value is -0.110. The first kappa shape index (κ1) is 9.97. The van der Waals surface area contributed by atoms with Gasteiger partial charge >= 0.3 is 0 Å². The third-order valence-corrected chi connectivity index (χ3v) is 2.78. The number of piperidine rings is 1. The SMILES string of the molecule is CC(C)(C)C1CC(CF)CCN1. The van der Waals surface area contributed by atoms with Crippen molar-refractivity contribution in [2.24, 2.45) is 11.3 Å². The number of alkyl halides is 1. The largest absolute Gasteiger partial charge is 0.313 e. The van der Waals surface area contributed by atoms with Crippen LogP contribution in [0.25, 0.3) is 0 Å². The first-order chi connectivity index (χ1) is 5.54. The summed E-state index contributed by atoms with van der Waals surface area (Å²) >= 11 is 0. The summed E-state index contributed by atoms with van der Waals surface area (Å²) in [4.78, 5) is 0. The van der Waals surface area contributed by atoms with Crippen molar-refractivity contribution in [2.75, 3.05) is 13.2 Å². The third kappa shape index (κ3) is 2.44. The van der Waals surface area contributed by atoms with Crippen molar-refractivity contribution >= 4 is 0 Å². The van der Waals surface area contributed by atoms with Crippen molar-refractivity contribution in [2.45, 2.75) is 39.7 Å². The molecule has 1 rings (SSSR count). The molecule has 0 aromatic heterocycles. The Labute approximate surface area is 74.7 Å². The van der Waals surface area contributed by atoms with Crippen LogP contribution in [0.1, 0.15) is 33.6 Å². The maximum absolute atomic E-state index is 12.4. The summed E-state index contributed by atoms with van der Waals surface area (Å²) in [6.45, 7) is 7.48. The Balaban J connectivity index is 2.46. The first-order valence-electron chi connectivity index (χ1n) is 4.83. The van der Waals surface area contributed by atoms with Gasteiger partial charge in [0.05, 0.1) is 6.67 Å². The highest BCUT2D eigenvalue weighted by Crippen LogP contribution is 2.28. The lowest BCUT2D eigenvalue weighted by atomic mass is 9.79.